The van der Waals surface area contributed by atoms with Gasteiger partial charge < -0.3 is 10.6 Å². The van der Waals surface area contributed by atoms with Gasteiger partial charge in [-0.25, -0.2) is 4.98 Å². The summed E-state index contributed by atoms with van der Waals surface area (Å²) in [4.78, 5) is 9.22. The molecule has 2 aromatic rings. The van der Waals surface area contributed by atoms with Crippen molar-refractivity contribution in [3.05, 3.63) is 41.6 Å². The minimum Gasteiger partial charge on any atom is -0.352 e. The fraction of sp³-hybridized carbons (Fsp3) is 0.412. The van der Waals surface area contributed by atoms with Gasteiger partial charge in [-0.3, -0.25) is 0 Å². The molecule has 0 unspecified atom stereocenters. The summed E-state index contributed by atoms with van der Waals surface area (Å²) in [6.07, 6.45) is 2.48. The minimum absolute atomic E-state index is 0.325. The fourth-order valence-corrected chi connectivity index (χ4v) is 2.29. The number of anilines is 3. The second-order valence-electron chi connectivity index (χ2n) is 6.01. The Morgan fingerprint density at radius 2 is 1.90 bits per heavy atom. The highest BCUT2D eigenvalue weighted by Crippen LogP contribution is 2.40. The predicted molar refractivity (Wildman–Crippen MR) is 87.2 cm³/mol. The summed E-state index contributed by atoms with van der Waals surface area (Å²) in [7, 11) is 0. The molecule has 110 valence electrons. The van der Waals surface area contributed by atoms with E-state index in [1.54, 1.807) is 0 Å². The van der Waals surface area contributed by atoms with Crippen LogP contribution in [-0.4, -0.2) is 16.0 Å². The molecule has 1 aliphatic carbocycles. The molecule has 1 aromatic heterocycles. The first kappa shape index (κ1) is 13.9. The standard InChI is InChI=1S/C17H22N4/c1-11(2)18-17-20-15(13-8-9-13)10-16(21-17)19-14-7-5-4-6-12(14)3/h4-7,10-11,13H,8-9H2,1-3H3,(H2,18,19,20,21). The molecule has 0 amide bonds. The summed E-state index contributed by atoms with van der Waals surface area (Å²) in [5.74, 6) is 2.19. The van der Waals surface area contributed by atoms with Crippen LogP contribution < -0.4 is 10.6 Å². The van der Waals surface area contributed by atoms with Gasteiger partial charge in [0.05, 0.1) is 5.69 Å². The van der Waals surface area contributed by atoms with E-state index in [9.17, 15) is 0 Å². The molecule has 21 heavy (non-hydrogen) atoms. The van der Waals surface area contributed by atoms with Gasteiger partial charge in [0, 0.05) is 23.7 Å². The normalized spacial score (nSPS) is 14.3. The van der Waals surface area contributed by atoms with Gasteiger partial charge in [-0.05, 0) is 45.2 Å². The van der Waals surface area contributed by atoms with Crippen molar-refractivity contribution in [1.82, 2.24) is 9.97 Å². The number of nitrogens with zero attached hydrogens (tertiary/aromatic N) is 2. The smallest absolute Gasteiger partial charge is 0.225 e. The SMILES string of the molecule is Cc1ccccc1Nc1cc(C2CC2)nc(NC(C)C)n1. The Hall–Kier alpha value is -2.10. The van der Waals surface area contributed by atoms with Crippen LogP contribution in [0, 0.1) is 6.92 Å². The van der Waals surface area contributed by atoms with Crippen molar-refractivity contribution >= 4 is 17.5 Å². The van der Waals surface area contributed by atoms with Gasteiger partial charge in [0.1, 0.15) is 5.82 Å². The summed E-state index contributed by atoms with van der Waals surface area (Å²) in [5, 5.41) is 6.72. The highest BCUT2D eigenvalue weighted by molar-refractivity contribution is 5.61. The lowest BCUT2D eigenvalue weighted by atomic mass is 10.2. The number of aromatic nitrogens is 2. The van der Waals surface area contributed by atoms with E-state index in [-0.39, 0.29) is 0 Å². The largest absolute Gasteiger partial charge is 0.352 e. The van der Waals surface area contributed by atoms with Crippen molar-refractivity contribution in [2.45, 2.75) is 45.6 Å². The lowest BCUT2D eigenvalue weighted by Crippen LogP contribution is -2.14. The van der Waals surface area contributed by atoms with E-state index in [2.05, 4.69) is 59.6 Å². The highest BCUT2D eigenvalue weighted by atomic mass is 15.2. The Balaban J connectivity index is 1.89. The zero-order valence-corrected chi connectivity index (χ0v) is 12.9. The van der Waals surface area contributed by atoms with E-state index >= 15 is 0 Å². The molecule has 0 bridgehead atoms. The molecule has 0 atom stereocenters. The summed E-state index contributed by atoms with van der Waals surface area (Å²) in [6, 6.07) is 10.6. The molecule has 0 spiro atoms. The lowest BCUT2D eigenvalue weighted by molar-refractivity contribution is 0.864. The van der Waals surface area contributed by atoms with Gasteiger partial charge in [-0.1, -0.05) is 18.2 Å². The Bertz CT molecular complexity index is 632. The molecule has 1 aliphatic rings. The maximum Gasteiger partial charge on any atom is 0.225 e. The molecule has 1 heterocycles. The van der Waals surface area contributed by atoms with Crippen LogP contribution in [0.5, 0.6) is 0 Å². The average molecular weight is 282 g/mol. The number of benzene rings is 1. The molecular formula is C17H22N4. The monoisotopic (exact) mass is 282 g/mol. The van der Waals surface area contributed by atoms with Gasteiger partial charge in [0.15, 0.2) is 0 Å². The molecule has 0 radical (unpaired) electrons. The van der Waals surface area contributed by atoms with Crippen molar-refractivity contribution in [3.8, 4) is 0 Å². The maximum atomic E-state index is 4.64. The van der Waals surface area contributed by atoms with Gasteiger partial charge in [0.25, 0.3) is 0 Å². The van der Waals surface area contributed by atoms with E-state index < -0.39 is 0 Å². The molecule has 4 nitrogen and oxygen atoms in total. The maximum absolute atomic E-state index is 4.64. The fourth-order valence-electron chi connectivity index (χ4n) is 2.29. The van der Waals surface area contributed by atoms with Gasteiger partial charge >= 0.3 is 0 Å². The molecule has 1 fully saturated rings. The number of hydrogen-bond acceptors (Lipinski definition) is 4. The quantitative estimate of drug-likeness (QED) is 0.861. The Morgan fingerprint density at radius 1 is 1.14 bits per heavy atom. The van der Waals surface area contributed by atoms with Crippen molar-refractivity contribution < 1.29 is 0 Å². The number of nitrogens with one attached hydrogen (secondary N) is 2. The van der Waals surface area contributed by atoms with E-state index in [1.165, 1.54) is 18.4 Å². The minimum atomic E-state index is 0.325. The zero-order valence-electron chi connectivity index (χ0n) is 12.9. The summed E-state index contributed by atoms with van der Waals surface area (Å²) in [5.41, 5.74) is 3.44. The van der Waals surface area contributed by atoms with Crippen LogP contribution in [0.1, 0.15) is 43.9 Å². The first-order chi connectivity index (χ1) is 10.1. The third-order valence-corrected chi connectivity index (χ3v) is 3.57. The Labute approximate surface area is 126 Å². The first-order valence-corrected chi connectivity index (χ1v) is 7.60. The van der Waals surface area contributed by atoms with Crippen LogP contribution in [0.4, 0.5) is 17.5 Å². The summed E-state index contributed by atoms with van der Waals surface area (Å²) < 4.78 is 0. The van der Waals surface area contributed by atoms with E-state index in [0.717, 1.165) is 17.2 Å². The van der Waals surface area contributed by atoms with Crippen LogP contribution >= 0.6 is 0 Å². The molecule has 0 aliphatic heterocycles. The number of rotatable bonds is 5. The van der Waals surface area contributed by atoms with E-state index in [1.807, 2.05) is 12.1 Å². The number of aryl methyl sites for hydroxylation is 1. The van der Waals surface area contributed by atoms with Crippen LogP contribution in [0.2, 0.25) is 0 Å². The highest BCUT2D eigenvalue weighted by Gasteiger charge is 2.26. The van der Waals surface area contributed by atoms with Crippen LogP contribution in [0.15, 0.2) is 30.3 Å². The predicted octanol–water partition coefficient (Wildman–Crippen LogP) is 4.23. The van der Waals surface area contributed by atoms with Crippen molar-refractivity contribution in [2.24, 2.45) is 0 Å². The number of hydrogen-bond donors (Lipinski definition) is 2. The Kier molecular flexibility index (Phi) is 3.78. The summed E-state index contributed by atoms with van der Waals surface area (Å²) in [6.45, 7) is 6.29. The molecule has 0 saturated heterocycles. The van der Waals surface area contributed by atoms with Crippen LogP contribution in [0.3, 0.4) is 0 Å². The third-order valence-electron chi connectivity index (χ3n) is 3.57. The summed E-state index contributed by atoms with van der Waals surface area (Å²) >= 11 is 0. The molecule has 3 rings (SSSR count). The van der Waals surface area contributed by atoms with Crippen LogP contribution in [0.25, 0.3) is 0 Å². The molecule has 2 N–H and O–H groups in total. The molecule has 4 heteroatoms. The van der Waals surface area contributed by atoms with E-state index in [4.69, 9.17) is 0 Å². The van der Waals surface area contributed by atoms with Crippen LogP contribution in [-0.2, 0) is 0 Å². The zero-order chi connectivity index (χ0) is 14.8. The van der Waals surface area contributed by atoms with Gasteiger partial charge in [-0.2, -0.15) is 4.98 Å². The first-order valence-electron chi connectivity index (χ1n) is 7.60. The second-order valence-corrected chi connectivity index (χ2v) is 6.01. The van der Waals surface area contributed by atoms with Crippen molar-refractivity contribution in [1.29, 1.82) is 0 Å². The average Bonchev–Trinajstić information content (AvgIpc) is 3.25. The van der Waals surface area contributed by atoms with Gasteiger partial charge in [-0.15, -0.1) is 0 Å². The molecular weight excluding hydrogens is 260 g/mol. The third kappa shape index (κ3) is 3.51. The number of para-hydroxylation sites is 1. The topological polar surface area (TPSA) is 49.8 Å². The molecule has 1 aromatic carbocycles. The lowest BCUT2D eigenvalue weighted by Gasteiger charge is -2.13. The van der Waals surface area contributed by atoms with E-state index in [0.29, 0.717) is 17.9 Å². The van der Waals surface area contributed by atoms with Gasteiger partial charge in [0.2, 0.25) is 5.95 Å². The Morgan fingerprint density at radius 3 is 2.57 bits per heavy atom. The second kappa shape index (κ2) is 5.72. The van der Waals surface area contributed by atoms with Crippen molar-refractivity contribution in [2.75, 3.05) is 10.6 Å². The molecule has 1 saturated carbocycles. The van der Waals surface area contributed by atoms with Crippen molar-refractivity contribution in [3.63, 3.8) is 0 Å².